The Hall–Kier alpha value is -0.120. The summed E-state index contributed by atoms with van der Waals surface area (Å²) in [5.41, 5.74) is -0.148. The molecule has 0 radical (unpaired) electrons. The molecule has 0 bridgehead atoms. The highest BCUT2D eigenvalue weighted by atomic mass is 16.6. The molecule has 0 saturated carbocycles. The summed E-state index contributed by atoms with van der Waals surface area (Å²) in [6.45, 7) is 5.54. The summed E-state index contributed by atoms with van der Waals surface area (Å²) in [5, 5.41) is 8.79. The van der Waals surface area contributed by atoms with E-state index in [2.05, 4.69) is 13.8 Å². The number of rotatable bonds is 11. The van der Waals surface area contributed by atoms with Gasteiger partial charge in [0, 0.05) is 0 Å². The molecule has 18 heavy (non-hydrogen) atoms. The standard InChI is InChI=1S/C15H30O3/c1-3-4-5-6-7-8-9-10-14-15(2,13-17-14)18-12-11-16/h14,16H,3-13H2,1-2H3. The van der Waals surface area contributed by atoms with Crippen molar-refractivity contribution >= 4 is 0 Å². The van der Waals surface area contributed by atoms with Crippen LogP contribution in [-0.2, 0) is 9.47 Å². The summed E-state index contributed by atoms with van der Waals surface area (Å²) in [5.74, 6) is 0. The zero-order valence-corrected chi connectivity index (χ0v) is 12.1. The maximum atomic E-state index is 8.79. The SMILES string of the molecule is CCCCCCCCCC1OCC1(C)OCCO. The van der Waals surface area contributed by atoms with Gasteiger partial charge in [-0.3, -0.25) is 0 Å². The van der Waals surface area contributed by atoms with Crippen molar-refractivity contribution in [3.8, 4) is 0 Å². The second-order valence-electron chi connectivity index (χ2n) is 5.59. The highest BCUT2D eigenvalue weighted by Gasteiger charge is 2.44. The fraction of sp³-hybridized carbons (Fsp3) is 1.00. The van der Waals surface area contributed by atoms with Crippen LogP contribution in [0.3, 0.4) is 0 Å². The van der Waals surface area contributed by atoms with Crippen molar-refractivity contribution in [3.05, 3.63) is 0 Å². The summed E-state index contributed by atoms with van der Waals surface area (Å²) in [6, 6.07) is 0. The third kappa shape index (κ3) is 5.25. The van der Waals surface area contributed by atoms with Crippen LogP contribution in [-0.4, -0.2) is 36.6 Å². The van der Waals surface area contributed by atoms with Gasteiger partial charge in [0.15, 0.2) is 0 Å². The van der Waals surface area contributed by atoms with Crippen molar-refractivity contribution in [2.45, 2.75) is 76.9 Å². The molecule has 1 N–H and O–H groups in total. The van der Waals surface area contributed by atoms with Crippen LogP contribution < -0.4 is 0 Å². The molecule has 1 saturated heterocycles. The van der Waals surface area contributed by atoms with Crippen molar-refractivity contribution in [2.75, 3.05) is 19.8 Å². The van der Waals surface area contributed by atoms with Gasteiger partial charge in [-0.15, -0.1) is 0 Å². The lowest BCUT2D eigenvalue weighted by Crippen LogP contribution is -2.58. The zero-order valence-electron chi connectivity index (χ0n) is 12.1. The minimum atomic E-state index is -0.148. The van der Waals surface area contributed by atoms with Gasteiger partial charge in [-0.25, -0.2) is 0 Å². The summed E-state index contributed by atoms with van der Waals surface area (Å²) in [7, 11) is 0. The largest absolute Gasteiger partial charge is 0.394 e. The topological polar surface area (TPSA) is 38.7 Å². The van der Waals surface area contributed by atoms with Crippen molar-refractivity contribution in [3.63, 3.8) is 0 Å². The first-order valence-electron chi connectivity index (χ1n) is 7.59. The van der Waals surface area contributed by atoms with Crippen LogP contribution in [0.5, 0.6) is 0 Å². The van der Waals surface area contributed by atoms with E-state index in [-0.39, 0.29) is 18.3 Å². The normalized spacial score (nSPS) is 27.2. The molecule has 0 aromatic rings. The monoisotopic (exact) mass is 258 g/mol. The maximum absolute atomic E-state index is 8.79. The molecular weight excluding hydrogens is 228 g/mol. The van der Waals surface area contributed by atoms with E-state index in [1.54, 1.807) is 0 Å². The Morgan fingerprint density at radius 3 is 2.39 bits per heavy atom. The predicted octanol–water partition coefficient (Wildman–Crippen LogP) is 3.29. The van der Waals surface area contributed by atoms with Gasteiger partial charge in [-0.05, 0) is 13.3 Å². The molecule has 2 unspecified atom stereocenters. The van der Waals surface area contributed by atoms with E-state index in [0.29, 0.717) is 13.2 Å². The molecule has 0 aliphatic carbocycles. The molecule has 1 heterocycles. The third-order valence-corrected chi connectivity index (χ3v) is 3.85. The molecule has 1 aliphatic rings. The summed E-state index contributed by atoms with van der Waals surface area (Å²) in [6.07, 6.45) is 10.7. The first-order chi connectivity index (χ1) is 8.73. The Kier molecular flexibility index (Phi) is 7.87. The minimum absolute atomic E-state index is 0.0970. The molecule has 3 nitrogen and oxygen atoms in total. The summed E-state index contributed by atoms with van der Waals surface area (Å²) < 4.78 is 11.2. The average Bonchev–Trinajstić information content (AvgIpc) is 2.37. The van der Waals surface area contributed by atoms with Crippen LogP contribution >= 0.6 is 0 Å². The van der Waals surface area contributed by atoms with Crippen molar-refractivity contribution in [1.29, 1.82) is 0 Å². The molecule has 1 rings (SSSR count). The lowest BCUT2D eigenvalue weighted by atomic mass is 9.89. The van der Waals surface area contributed by atoms with E-state index in [9.17, 15) is 0 Å². The molecule has 3 heteroatoms. The van der Waals surface area contributed by atoms with E-state index in [1.807, 2.05) is 0 Å². The van der Waals surface area contributed by atoms with E-state index in [4.69, 9.17) is 14.6 Å². The molecule has 0 amide bonds. The summed E-state index contributed by atoms with van der Waals surface area (Å²) >= 11 is 0. The van der Waals surface area contributed by atoms with E-state index in [1.165, 1.54) is 44.9 Å². The third-order valence-electron chi connectivity index (χ3n) is 3.85. The summed E-state index contributed by atoms with van der Waals surface area (Å²) in [4.78, 5) is 0. The van der Waals surface area contributed by atoms with Gasteiger partial charge >= 0.3 is 0 Å². The number of unbranched alkanes of at least 4 members (excludes halogenated alkanes) is 6. The average molecular weight is 258 g/mol. The molecule has 1 fully saturated rings. The van der Waals surface area contributed by atoms with Gasteiger partial charge < -0.3 is 14.6 Å². The van der Waals surface area contributed by atoms with Crippen LogP contribution in [0.2, 0.25) is 0 Å². The molecule has 1 aliphatic heterocycles. The molecule has 108 valence electrons. The lowest BCUT2D eigenvalue weighted by Gasteiger charge is -2.46. The number of hydrogen-bond donors (Lipinski definition) is 1. The Balaban J connectivity index is 1.98. The van der Waals surface area contributed by atoms with Crippen LogP contribution in [0.25, 0.3) is 0 Å². The van der Waals surface area contributed by atoms with Gasteiger partial charge in [-0.2, -0.15) is 0 Å². The molecule has 0 aromatic heterocycles. The van der Waals surface area contributed by atoms with E-state index in [0.717, 1.165) is 6.42 Å². The highest BCUT2D eigenvalue weighted by molar-refractivity contribution is 4.93. The fourth-order valence-corrected chi connectivity index (χ4v) is 2.52. The van der Waals surface area contributed by atoms with Gasteiger partial charge in [0.2, 0.25) is 0 Å². The van der Waals surface area contributed by atoms with Crippen LogP contribution in [0, 0.1) is 0 Å². The molecule has 0 spiro atoms. The Morgan fingerprint density at radius 1 is 1.17 bits per heavy atom. The Bertz CT molecular complexity index is 208. The maximum Gasteiger partial charge on any atom is 0.115 e. The number of aliphatic hydroxyl groups excluding tert-OH is 1. The van der Waals surface area contributed by atoms with E-state index >= 15 is 0 Å². The fourth-order valence-electron chi connectivity index (χ4n) is 2.52. The minimum Gasteiger partial charge on any atom is -0.394 e. The predicted molar refractivity (Wildman–Crippen MR) is 73.8 cm³/mol. The Morgan fingerprint density at radius 2 is 1.83 bits per heavy atom. The zero-order chi connectivity index (χ0) is 13.3. The van der Waals surface area contributed by atoms with Gasteiger partial charge in [0.05, 0.1) is 25.9 Å². The van der Waals surface area contributed by atoms with Gasteiger partial charge in [-0.1, -0.05) is 51.9 Å². The van der Waals surface area contributed by atoms with Crippen LogP contribution in [0.4, 0.5) is 0 Å². The lowest BCUT2D eigenvalue weighted by molar-refractivity contribution is -0.255. The van der Waals surface area contributed by atoms with Crippen molar-refractivity contribution in [1.82, 2.24) is 0 Å². The second kappa shape index (κ2) is 8.89. The van der Waals surface area contributed by atoms with E-state index < -0.39 is 0 Å². The number of ether oxygens (including phenoxy) is 2. The molecule has 2 atom stereocenters. The number of aliphatic hydroxyl groups is 1. The second-order valence-corrected chi connectivity index (χ2v) is 5.59. The number of hydrogen-bond acceptors (Lipinski definition) is 3. The first-order valence-corrected chi connectivity index (χ1v) is 7.59. The smallest absolute Gasteiger partial charge is 0.115 e. The van der Waals surface area contributed by atoms with Crippen LogP contribution in [0.15, 0.2) is 0 Å². The van der Waals surface area contributed by atoms with Gasteiger partial charge in [0.1, 0.15) is 5.60 Å². The van der Waals surface area contributed by atoms with Crippen LogP contribution in [0.1, 0.15) is 65.2 Å². The van der Waals surface area contributed by atoms with Crippen molar-refractivity contribution < 1.29 is 14.6 Å². The molecular formula is C15H30O3. The Labute approximate surface area is 112 Å². The van der Waals surface area contributed by atoms with Gasteiger partial charge in [0.25, 0.3) is 0 Å². The quantitative estimate of drug-likeness (QED) is 0.578. The molecule has 0 aromatic carbocycles. The first kappa shape index (κ1) is 15.9. The van der Waals surface area contributed by atoms with Crippen molar-refractivity contribution in [2.24, 2.45) is 0 Å². The highest BCUT2D eigenvalue weighted by Crippen LogP contribution is 2.32.